The van der Waals surface area contributed by atoms with Crippen molar-refractivity contribution in [2.75, 3.05) is 5.32 Å². The molecule has 5 nitrogen and oxygen atoms in total. The van der Waals surface area contributed by atoms with Crippen molar-refractivity contribution in [1.82, 2.24) is 9.97 Å². The number of benzene rings is 1. The number of carbonyl (C=O) groups excluding carboxylic acids is 1. The van der Waals surface area contributed by atoms with Crippen molar-refractivity contribution in [2.24, 2.45) is 0 Å². The number of halogens is 5. The van der Waals surface area contributed by atoms with E-state index in [1.165, 1.54) is 12.1 Å². The maximum atomic E-state index is 12.1. The van der Waals surface area contributed by atoms with Crippen molar-refractivity contribution < 1.29 is 22.7 Å². The van der Waals surface area contributed by atoms with Gasteiger partial charge in [0, 0.05) is 18.0 Å². The molecule has 22 heavy (non-hydrogen) atoms. The second-order valence-electron chi connectivity index (χ2n) is 3.87. The van der Waals surface area contributed by atoms with Crippen LogP contribution in [0.3, 0.4) is 0 Å². The molecular formula is C12H6Cl2F3N3O2. The summed E-state index contributed by atoms with van der Waals surface area (Å²) < 4.78 is 40.2. The summed E-state index contributed by atoms with van der Waals surface area (Å²) in [6.07, 6.45) is -3.72. The fourth-order valence-corrected chi connectivity index (χ4v) is 1.85. The summed E-state index contributed by atoms with van der Waals surface area (Å²) in [5, 5.41) is 2.03. The van der Waals surface area contributed by atoms with E-state index >= 15 is 0 Å². The summed E-state index contributed by atoms with van der Waals surface area (Å²) in [5.74, 6) is -1.17. The Morgan fingerprint density at radius 1 is 1.27 bits per heavy atom. The van der Waals surface area contributed by atoms with Crippen molar-refractivity contribution in [2.45, 2.75) is 6.36 Å². The number of carbonyl (C=O) groups is 1. The molecule has 0 saturated carbocycles. The van der Waals surface area contributed by atoms with Crippen molar-refractivity contribution in [3.8, 4) is 5.75 Å². The molecular weight excluding hydrogens is 346 g/mol. The average molecular weight is 352 g/mol. The minimum absolute atomic E-state index is 0.0757. The molecule has 2 aromatic rings. The Kier molecular flexibility index (Phi) is 4.72. The zero-order chi connectivity index (χ0) is 16.3. The third-order valence-electron chi connectivity index (χ3n) is 2.28. The molecule has 0 aliphatic heterocycles. The standard InChI is InChI=1S/C12H6Cl2F3N3O2/c13-9-8(5-18-11(14)20-9)10(21)19-6-2-1-3-7(4-6)22-12(15,16)17/h1-5H,(H,19,21). The fourth-order valence-electron chi connectivity index (χ4n) is 1.46. The molecule has 0 fully saturated rings. The molecule has 1 heterocycles. The summed E-state index contributed by atoms with van der Waals surface area (Å²) in [6.45, 7) is 0. The number of hydrogen-bond acceptors (Lipinski definition) is 4. The minimum Gasteiger partial charge on any atom is -0.406 e. The van der Waals surface area contributed by atoms with E-state index in [4.69, 9.17) is 23.2 Å². The summed E-state index contributed by atoms with van der Waals surface area (Å²) in [5.41, 5.74) is 0.00553. The molecule has 116 valence electrons. The highest BCUT2D eigenvalue weighted by Crippen LogP contribution is 2.25. The van der Waals surface area contributed by atoms with Gasteiger partial charge in [-0.2, -0.15) is 0 Å². The molecule has 0 bridgehead atoms. The molecule has 0 unspecified atom stereocenters. The summed E-state index contributed by atoms with van der Waals surface area (Å²) >= 11 is 11.2. The molecule has 0 radical (unpaired) electrons. The van der Waals surface area contributed by atoms with Crippen molar-refractivity contribution in [3.63, 3.8) is 0 Å². The topological polar surface area (TPSA) is 64.1 Å². The van der Waals surface area contributed by atoms with Gasteiger partial charge in [-0.15, -0.1) is 13.2 Å². The van der Waals surface area contributed by atoms with Crippen molar-refractivity contribution in [3.05, 3.63) is 46.5 Å². The maximum Gasteiger partial charge on any atom is 0.573 e. The van der Waals surface area contributed by atoms with Gasteiger partial charge in [-0.25, -0.2) is 9.97 Å². The SMILES string of the molecule is O=C(Nc1cccc(OC(F)(F)F)c1)c1cnc(Cl)nc1Cl. The quantitative estimate of drug-likeness (QED) is 0.672. The van der Waals surface area contributed by atoms with Crippen LogP contribution in [0.4, 0.5) is 18.9 Å². The molecule has 2 rings (SSSR count). The zero-order valence-corrected chi connectivity index (χ0v) is 12.0. The number of aromatic nitrogens is 2. The highest BCUT2D eigenvalue weighted by Gasteiger charge is 2.31. The van der Waals surface area contributed by atoms with Gasteiger partial charge in [-0.05, 0) is 23.7 Å². The van der Waals surface area contributed by atoms with E-state index < -0.39 is 18.0 Å². The van der Waals surface area contributed by atoms with Gasteiger partial charge < -0.3 is 10.1 Å². The van der Waals surface area contributed by atoms with Crippen LogP contribution in [0.5, 0.6) is 5.75 Å². The molecule has 1 amide bonds. The second kappa shape index (κ2) is 6.37. The molecule has 1 N–H and O–H groups in total. The van der Waals surface area contributed by atoms with Crippen molar-refractivity contribution >= 4 is 34.8 Å². The number of nitrogens with zero attached hydrogens (tertiary/aromatic N) is 2. The Morgan fingerprint density at radius 3 is 2.64 bits per heavy atom. The van der Waals surface area contributed by atoms with Gasteiger partial charge in [-0.1, -0.05) is 17.7 Å². The third kappa shape index (κ3) is 4.47. The number of hydrogen-bond donors (Lipinski definition) is 1. The maximum absolute atomic E-state index is 12.1. The Balaban J connectivity index is 2.16. The fraction of sp³-hybridized carbons (Fsp3) is 0.0833. The number of rotatable bonds is 3. The van der Waals surface area contributed by atoms with Crippen LogP contribution in [-0.2, 0) is 0 Å². The smallest absolute Gasteiger partial charge is 0.406 e. The Bertz CT molecular complexity index is 710. The number of ether oxygens (including phenoxy) is 1. The van der Waals surface area contributed by atoms with E-state index in [2.05, 4.69) is 20.0 Å². The lowest BCUT2D eigenvalue weighted by Gasteiger charge is -2.11. The van der Waals surface area contributed by atoms with E-state index in [0.717, 1.165) is 18.3 Å². The largest absolute Gasteiger partial charge is 0.573 e. The first-order valence-corrected chi connectivity index (χ1v) is 6.35. The summed E-state index contributed by atoms with van der Waals surface area (Å²) in [6, 6.07) is 4.78. The van der Waals surface area contributed by atoms with Crippen LogP contribution in [0.25, 0.3) is 0 Å². The number of amides is 1. The monoisotopic (exact) mass is 351 g/mol. The first-order valence-electron chi connectivity index (χ1n) is 5.60. The van der Waals surface area contributed by atoms with Crippen LogP contribution in [0.15, 0.2) is 30.5 Å². The lowest BCUT2D eigenvalue weighted by molar-refractivity contribution is -0.274. The molecule has 1 aromatic carbocycles. The highest BCUT2D eigenvalue weighted by atomic mass is 35.5. The van der Waals surface area contributed by atoms with Crippen molar-refractivity contribution in [1.29, 1.82) is 0 Å². The highest BCUT2D eigenvalue weighted by molar-refractivity contribution is 6.34. The van der Waals surface area contributed by atoms with Gasteiger partial charge in [0.2, 0.25) is 5.28 Å². The second-order valence-corrected chi connectivity index (χ2v) is 4.57. The predicted octanol–water partition coefficient (Wildman–Crippen LogP) is 3.93. The first-order chi connectivity index (χ1) is 10.2. The minimum atomic E-state index is -4.82. The molecule has 0 spiro atoms. The van der Waals surface area contributed by atoms with E-state index in [-0.39, 0.29) is 21.7 Å². The van der Waals surface area contributed by atoms with Gasteiger partial charge in [0.15, 0.2) is 0 Å². The Hall–Kier alpha value is -2.06. The number of nitrogens with one attached hydrogen (secondary N) is 1. The van der Waals surface area contributed by atoms with Crippen LogP contribution < -0.4 is 10.1 Å². The van der Waals surface area contributed by atoms with Gasteiger partial charge in [-0.3, -0.25) is 4.79 Å². The van der Waals surface area contributed by atoms with Crippen LogP contribution in [0.1, 0.15) is 10.4 Å². The Morgan fingerprint density at radius 2 is 2.00 bits per heavy atom. The van der Waals surface area contributed by atoms with Gasteiger partial charge >= 0.3 is 6.36 Å². The van der Waals surface area contributed by atoms with E-state index in [0.29, 0.717) is 0 Å². The van der Waals surface area contributed by atoms with Crippen LogP contribution in [-0.4, -0.2) is 22.2 Å². The van der Waals surface area contributed by atoms with Gasteiger partial charge in [0.05, 0.1) is 5.56 Å². The number of anilines is 1. The summed E-state index contributed by atoms with van der Waals surface area (Å²) in [4.78, 5) is 19.2. The van der Waals surface area contributed by atoms with Crippen LogP contribution in [0.2, 0.25) is 10.4 Å². The molecule has 0 aliphatic rings. The molecule has 0 aliphatic carbocycles. The Labute approximate surface area is 132 Å². The molecule has 0 saturated heterocycles. The molecule has 1 aromatic heterocycles. The van der Waals surface area contributed by atoms with Crippen LogP contribution >= 0.6 is 23.2 Å². The molecule has 10 heteroatoms. The lowest BCUT2D eigenvalue weighted by Crippen LogP contribution is -2.17. The normalized spacial score (nSPS) is 11.1. The third-order valence-corrected chi connectivity index (χ3v) is 2.75. The predicted molar refractivity (Wildman–Crippen MR) is 73.1 cm³/mol. The molecule has 0 atom stereocenters. The number of alkyl halides is 3. The van der Waals surface area contributed by atoms with E-state index in [9.17, 15) is 18.0 Å². The lowest BCUT2D eigenvalue weighted by atomic mass is 10.2. The van der Waals surface area contributed by atoms with E-state index in [1.807, 2.05) is 0 Å². The zero-order valence-electron chi connectivity index (χ0n) is 10.5. The first kappa shape index (κ1) is 16.3. The van der Waals surface area contributed by atoms with E-state index in [1.54, 1.807) is 0 Å². The summed E-state index contributed by atoms with van der Waals surface area (Å²) in [7, 11) is 0. The average Bonchev–Trinajstić information content (AvgIpc) is 2.36. The van der Waals surface area contributed by atoms with Gasteiger partial charge in [0.25, 0.3) is 5.91 Å². The van der Waals surface area contributed by atoms with Crippen LogP contribution in [0, 0.1) is 0 Å². The van der Waals surface area contributed by atoms with Gasteiger partial charge in [0.1, 0.15) is 10.9 Å².